The molecule has 1 saturated heterocycles. The van der Waals surface area contributed by atoms with Crippen LogP contribution in [0.25, 0.3) is 0 Å². The van der Waals surface area contributed by atoms with Gasteiger partial charge in [0.05, 0.1) is 0 Å². The number of nitrogens with one attached hydrogen (secondary N) is 2. The van der Waals surface area contributed by atoms with Crippen molar-refractivity contribution in [3.8, 4) is 0 Å². The molecule has 0 amide bonds. The molecular weight excluding hydrogens is 252 g/mol. The van der Waals surface area contributed by atoms with Crippen molar-refractivity contribution < 1.29 is 0 Å². The fraction of sp³-hybridized carbons (Fsp3) is 0.786. The minimum atomic E-state index is -0.725. The second-order valence-corrected chi connectivity index (χ2v) is 7.18. The first kappa shape index (κ1) is 15.1. The van der Waals surface area contributed by atoms with E-state index in [1.54, 1.807) is 0 Å². The summed E-state index contributed by atoms with van der Waals surface area (Å²) in [4.78, 5) is 6.69. The van der Waals surface area contributed by atoms with Crippen LogP contribution in [0, 0.1) is 5.41 Å². The van der Waals surface area contributed by atoms with Crippen molar-refractivity contribution in [2.75, 3.05) is 19.6 Å². The molecule has 0 bridgehead atoms. The molecule has 2 unspecified atom stereocenters. The van der Waals surface area contributed by atoms with Crippen LogP contribution in [0.2, 0.25) is 0 Å². The van der Waals surface area contributed by atoms with E-state index < -0.39 is 5.66 Å². The van der Waals surface area contributed by atoms with Crippen LogP contribution in [-0.4, -0.2) is 42.2 Å². The van der Waals surface area contributed by atoms with E-state index in [1.807, 2.05) is 6.08 Å². The molecule has 114 valence electrons. The van der Waals surface area contributed by atoms with Crippen molar-refractivity contribution in [2.24, 2.45) is 21.9 Å². The van der Waals surface area contributed by atoms with E-state index in [1.165, 1.54) is 0 Å². The van der Waals surface area contributed by atoms with E-state index in [9.17, 15) is 0 Å². The van der Waals surface area contributed by atoms with Gasteiger partial charge in [0.15, 0.2) is 5.96 Å². The highest BCUT2D eigenvalue weighted by molar-refractivity contribution is 5.81. The predicted molar refractivity (Wildman–Crippen MR) is 82.9 cm³/mol. The van der Waals surface area contributed by atoms with Gasteiger partial charge in [-0.25, -0.2) is 4.99 Å². The maximum absolute atomic E-state index is 6.44. The zero-order chi connectivity index (χ0) is 15.0. The van der Waals surface area contributed by atoms with Gasteiger partial charge in [-0.15, -0.1) is 0 Å². The average Bonchev–Trinajstić information content (AvgIpc) is 2.24. The third-order valence-electron chi connectivity index (χ3n) is 3.49. The SMILES string of the molecule is CC1CN(C2=CC(N)(CC(C)(C)C)N=C(N)N2)CCN1. The van der Waals surface area contributed by atoms with Gasteiger partial charge in [0.25, 0.3) is 0 Å². The zero-order valence-electron chi connectivity index (χ0n) is 13.0. The Labute approximate surface area is 121 Å². The highest BCUT2D eigenvalue weighted by Crippen LogP contribution is 2.30. The van der Waals surface area contributed by atoms with E-state index in [-0.39, 0.29) is 5.41 Å². The van der Waals surface area contributed by atoms with E-state index >= 15 is 0 Å². The van der Waals surface area contributed by atoms with Gasteiger partial charge >= 0.3 is 0 Å². The van der Waals surface area contributed by atoms with Gasteiger partial charge in [-0.3, -0.25) is 0 Å². The first-order valence-electron chi connectivity index (χ1n) is 7.29. The molecule has 0 radical (unpaired) electrons. The Kier molecular flexibility index (Phi) is 3.97. The highest BCUT2D eigenvalue weighted by atomic mass is 15.3. The number of aliphatic imine (C=N–C) groups is 1. The molecule has 6 N–H and O–H groups in total. The highest BCUT2D eigenvalue weighted by Gasteiger charge is 2.33. The Balaban J connectivity index is 2.19. The normalized spacial score (nSPS) is 31.4. The van der Waals surface area contributed by atoms with Crippen LogP contribution >= 0.6 is 0 Å². The van der Waals surface area contributed by atoms with Crippen LogP contribution < -0.4 is 22.1 Å². The van der Waals surface area contributed by atoms with Crippen LogP contribution in [0.1, 0.15) is 34.1 Å². The zero-order valence-corrected chi connectivity index (χ0v) is 13.0. The molecule has 2 rings (SSSR count). The second-order valence-electron chi connectivity index (χ2n) is 7.18. The third kappa shape index (κ3) is 3.86. The molecule has 6 nitrogen and oxygen atoms in total. The molecular formula is C14H28N6. The van der Waals surface area contributed by atoms with E-state index in [0.717, 1.165) is 31.9 Å². The van der Waals surface area contributed by atoms with Crippen LogP contribution in [0.3, 0.4) is 0 Å². The number of guanidine groups is 1. The molecule has 0 aromatic heterocycles. The van der Waals surface area contributed by atoms with Crippen LogP contribution in [0.5, 0.6) is 0 Å². The number of piperazine rings is 1. The van der Waals surface area contributed by atoms with Crippen molar-refractivity contribution in [3.05, 3.63) is 11.9 Å². The summed E-state index contributed by atoms with van der Waals surface area (Å²) in [5.41, 5.74) is 11.7. The number of nitrogens with zero attached hydrogens (tertiary/aromatic N) is 2. The van der Waals surface area contributed by atoms with Gasteiger partial charge in [0.1, 0.15) is 11.5 Å². The smallest absolute Gasteiger partial charge is 0.196 e. The Bertz CT molecular complexity index is 422. The summed E-state index contributed by atoms with van der Waals surface area (Å²) < 4.78 is 0. The first-order valence-corrected chi connectivity index (χ1v) is 7.29. The Hall–Kier alpha value is -1.27. The minimum Gasteiger partial charge on any atom is -0.370 e. The predicted octanol–water partition coefficient (Wildman–Crippen LogP) is 0.131. The van der Waals surface area contributed by atoms with Gasteiger partial charge in [0.2, 0.25) is 0 Å². The monoisotopic (exact) mass is 280 g/mol. The van der Waals surface area contributed by atoms with Gasteiger partial charge in [0, 0.05) is 25.7 Å². The molecule has 0 aromatic carbocycles. The molecule has 2 atom stereocenters. The molecule has 0 spiro atoms. The van der Waals surface area contributed by atoms with Crippen molar-refractivity contribution in [1.29, 1.82) is 0 Å². The van der Waals surface area contributed by atoms with Crippen LogP contribution in [-0.2, 0) is 0 Å². The first-order chi connectivity index (χ1) is 9.17. The summed E-state index contributed by atoms with van der Waals surface area (Å²) in [6.07, 6.45) is 2.78. The average molecular weight is 280 g/mol. The Morgan fingerprint density at radius 2 is 2.20 bits per heavy atom. The van der Waals surface area contributed by atoms with Crippen molar-refractivity contribution in [2.45, 2.75) is 45.8 Å². The molecule has 6 heteroatoms. The van der Waals surface area contributed by atoms with Crippen molar-refractivity contribution >= 4 is 5.96 Å². The third-order valence-corrected chi connectivity index (χ3v) is 3.49. The topological polar surface area (TPSA) is 91.7 Å². The van der Waals surface area contributed by atoms with E-state index in [2.05, 4.69) is 48.2 Å². The lowest BCUT2D eigenvalue weighted by molar-refractivity contribution is 0.236. The quantitative estimate of drug-likeness (QED) is 0.577. The molecule has 1 fully saturated rings. The summed E-state index contributed by atoms with van der Waals surface area (Å²) in [7, 11) is 0. The standard InChI is InChI=1S/C14H28N6/c1-10-8-20(6-5-17-10)11-7-14(16,9-13(2,3)4)19-12(15)18-11/h7,10,17H,5-6,8-9,16H2,1-4H3,(H3,15,18,19). The van der Waals surface area contributed by atoms with Gasteiger partial charge < -0.3 is 27.0 Å². The molecule has 2 aliphatic heterocycles. The lowest BCUT2D eigenvalue weighted by Gasteiger charge is -2.40. The summed E-state index contributed by atoms with van der Waals surface area (Å²) in [6, 6.07) is 0.460. The minimum absolute atomic E-state index is 0.0915. The Morgan fingerprint density at radius 1 is 1.50 bits per heavy atom. The van der Waals surface area contributed by atoms with Crippen molar-refractivity contribution in [3.63, 3.8) is 0 Å². The number of hydrogen-bond acceptors (Lipinski definition) is 6. The maximum Gasteiger partial charge on any atom is 0.196 e. The van der Waals surface area contributed by atoms with Gasteiger partial charge in [-0.2, -0.15) is 0 Å². The maximum atomic E-state index is 6.44. The Morgan fingerprint density at radius 3 is 2.80 bits per heavy atom. The fourth-order valence-electron chi connectivity index (χ4n) is 2.95. The van der Waals surface area contributed by atoms with Crippen LogP contribution in [0.4, 0.5) is 0 Å². The number of hydrogen-bond donors (Lipinski definition) is 4. The molecule has 0 aliphatic carbocycles. The molecule has 0 saturated carbocycles. The lowest BCUT2D eigenvalue weighted by atomic mass is 9.84. The van der Waals surface area contributed by atoms with E-state index in [4.69, 9.17) is 11.5 Å². The fourth-order valence-corrected chi connectivity index (χ4v) is 2.95. The summed E-state index contributed by atoms with van der Waals surface area (Å²) in [5, 5.41) is 6.59. The second kappa shape index (κ2) is 5.26. The summed E-state index contributed by atoms with van der Waals surface area (Å²) in [5.74, 6) is 1.39. The number of nitrogens with two attached hydrogens (primary N) is 2. The van der Waals surface area contributed by atoms with E-state index in [0.29, 0.717) is 12.0 Å². The van der Waals surface area contributed by atoms with Gasteiger partial charge in [-0.05, 0) is 24.8 Å². The summed E-state index contributed by atoms with van der Waals surface area (Å²) in [6.45, 7) is 11.5. The largest absolute Gasteiger partial charge is 0.370 e. The molecule has 0 aromatic rings. The summed E-state index contributed by atoms with van der Waals surface area (Å²) >= 11 is 0. The molecule has 20 heavy (non-hydrogen) atoms. The van der Waals surface area contributed by atoms with Gasteiger partial charge in [-0.1, -0.05) is 20.8 Å². The molecule has 2 heterocycles. The molecule has 2 aliphatic rings. The lowest BCUT2D eigenvalue weighted by Crippen LogP contribution is -2.55. The van der Waals surface area contributed by atoms with Crippen molar-refractivity contribution in [1.82, 2.24) is 15.5 Å². The van der Waals surface area contributed by atoms with Crippen LogP contribution in [0.15, 0.2) is 16.9 Å². The number of rotatable bonds is 2.